The molecule has 4 heteroatoms. The molecule has 13 heavy (non-hydrogen) atoms. The molecule has 0 bridgehead atoms. The van der Waals surface area contributed by atoms with Crippen molar-refractivity contribution < 1.29 is 9.84 Å². The third-order valence-electron chi connectivity index (χ3n) is 2.27. The summed E-state index contributed by atoms with van der Waals surface area (Å²) in [6.45, 7) is 2.22. The summed E-state index contributed by atoms with van der Waals surface area (Å²) in [5, 5.41) is 14.2. The number of hydrogen-bond acceptors (Lipinski definition) is 3. The van der Waals surface area contributed by atoms with Gasteiger partial charge in [0, 0.05) is 20.4 Å². The summed E-state index contributed by atoms with van der Waals surface area (Å²) < 4.78 is 6.65. The van der Waals surface area contributed by atoms with Crippen molar-refractivity contribution in [2.75, 3.05) is 13.7 Å². The molecule has 1 unspecified atom stereocenters. The van der Waals surface area contributed by atoms with E-state index in [1.54, 1.807) is 18.0 Å². The fourth-order valence-corrected chi connectivity index (χ4v) is 1.43. The van der Waals surface area contributed by atoms with E-state index in [0.717, 1.165) is 5.69 Å². The minimum atomic E-state index is -0.917. The summed E-state index contributed by atoms with van der Waals surface area (Å²) in [5.74, 6) is 0. The molecule has 1 aromatic rings. The Morgan fingerprint density at radius 2 is 2.38 bits per heavy atom. The van der Waals surface area contributed by atoms with Gasteiger partial charge in [-0.1, -0.05) is 6.92 Å². The van der Waals surface area contributed by atoms with Crippen LogP contribution in [0.25, 0.3) is 0 Å². The van der Waals surface area contributed by atoms with Gasteiger partial charge in [-0.15, -0.1) is 0 Å². The molecule has 0 aliphatic heterocycles. The van der Waals surface area contributed by atoms with Crippen LogP contribution in [0, 0.1) is 0 Å². The molecule has 1 N–H and O–H groups in total. The largest absolute Gasteiger partial charge is 0.381 e. The molecule has 4 nitrogen and oxygen atoms in total. The van der Waals surface area contributed by atoms with Crippen molar-refractivity contribution in [3.05, 3.63) is 18.0 Å². The fourth-order valence-electron chi connectivity index (χ4n) is 1.43. The molecule has 0 amide bonds. The van der Waals surface area contributed by atoms with Crippen LogP contribution >= 0.6 is 0 Å². The molecule has 0 saturated heterocycles. The highest BCUT2D eigenvalue weighted by Crippen LogP contribution is 2.23. The molecule has 0 aliphatic rings. The summed E-state index contributed by atoms with van der Waals surface area (Å²) >= 11 is 0. The summed E-state index contributed by atoms with van der Waals surface area (Å²) in [7, 11) is 3.39. The van der Waals surface area contributed by atoms with Crippen LogP contribution in [0.5, 0.6) is 0 Å². The van der Waals surface area contributed by atoms with Crippen molar-refractivity contribution in [1.29, 1.82) is 0 Å². The Hall–Kier alpha value is -0.870. The van der Waals surface area contributed by atoms with Crippen LogP contribution in [-0.4, -0.2) is 28.6 Å². The first-order valence-electron chi connectivity index (χ1n) is 4.34. The van der Waals surface area contributed by atoms with Gasteiger partial charge in [-0.05, 0) is 12.5 Å². The highest BCUT2D eigenvalue weighted by Gasteiger charge is 2.29. The molecule has 1 atom stereocenters. The number of methoxy groups -OCH3 is 1. The van der Waals surface area contributed by atoms with Crippen LogP contribution in [0.4, 0.5) is 0 Å². The van der Waals surface area contributed by atoms with Gasteiger partial charge in [0.15, 0.2) is 0 Å². The van der Waals surface area contributed by atoms with Gasteiger partial charge < -0.3 is 9.84 Å². The number of aromatic nitrogens is 2. The minimum absolute atomic E-state index is 0.295. The van der Waals surface area contributed by atoms with Crippen molar-refractivity contribution in [1.82, 2.24) is 9.78 Å². The zero-order valence-corrected chi connectivity index (χ0v) is 8.32. The summed E-state index contributed by atoms with van der Waals surface area (Å²) in [5.41, 5.74) is -0.128. The molecule has 74 valence electrons. The van der Waals surface area contributed by atoms with E-state index >= 15 is 0 Å². The van der Waals surface area contributed by atoms with Crippen LogP contribution in [0.15, 0.2) is 12.3 Å². The van der Waals surface area contributed by atoms with E-state index in [1.807, 2.05) is 20.0 Å². The molecule has 0 aromatic carbocycles. The van der Waals surface area contributed by atoms with Crippen molar-refractivity contribution in [3.63, 3.8) is 0 Å². The minimum Gasteiger partial charge on any atom is -0.381 e. The average Bonchev–Trinajstić information content (AvgIpc) is 2.52. The standard InChI is InChI=1S/C9H16N2O2/c1-4-9(12,7-13-3)8-5-6-10-11(8)2/h5-6,12H,4,7H2,1-3H3. The third kappa shape index (κ3) is 1.89. The molecule has 0 spiro atoms. The topological polar surface area (TPSA) is 47.3 Å². The van der Waals surface area contributed by atoms with E-state index in [1.165, 1.54) is 0 Å². The van der Waals surface area contributed by atoms with Crippen molar-refractivity contribution in [3.8, 4) is 0 Å². The Bertz CT molecular complexity index is 272. The van der Waals surface area contributed by atoms with Gasteiger partial charge in [-0.3, -0.25) is 4.68 Å². The number of rotatable bonds is 4. The highest BCUT2D eigenvalue weighted by molar-refractivity contribution is 5.11. The quantitative estimate of drug-likeness (QED) is 0.748. The number of aryl methyl sites for hydroxylation is 1. The van der Waals surface area contributed by atoms with Crippen LogP contribution in [0.3, 0.4) is 0 Å². The number of nitrogens with zero attached hydrogens (tertiary/aromatic N) is 2. The molecule has 0 aliphatic carbocycles. The maximum absolute atomic E-state index is 10.2. The second kappa shape index (κ2) is 3.89. The lowest BCUT2D eigenvalue weighted by atomic mass is 9.98. The second-order valence-electron chi connectivity index (χ2n) is 3.16. The zero-order chi connectivity index (χ0) is 9.90. The molecule has 0 saturated carbocycles. The Morgan fingerprint density at radius 3 is 2.77 bits per heavy atom. The molecule has 1 aromatic heterocycles. The summed E-state index contributed by atoms with van der Waals surface area (Å²) in [6, 6.07) is 1.81. The first-order chi connectivity index (χ1) is 6.14. The fraction of sp³-hybridized carbons (Fsp3) is 0.667. The number of ether oxygens (including phenoxy) is 1. The first kappa shape index (κ1) is 10.2. The normalized spacial score (nSPS) is 15.7. The SMILES string of the molecule is CCC(O)(COC)c1ccnn1C. The maximum atomic E-state index is 10.2. The van der Waals surface area contributed by atoms with E-state index in [2.05, 4.69) is 5.10 Å². The van der Waals surface area contributed by atoms with Gasteiger partial charge in [0.2, 0.25) is 0 Å². The molecule has 1 rings (SSSR count). The van der Waals surface area contributed by atoms with E-state index in [0.29, 0.717) is 13.0 Å². The van der Waals surface area contributed by atoms with Gasteiger partial charge in [0.25, 0.3) is 0 Å². The van der Waals surface area contributed by atoms with Crippen molar-refractivity contribution >= 4 is 0 Å². The smallest absolute Gasteiger partial charge is 0.129 e. The van der Waals surface area contributed by atoms with Gasteiger partial charge in [-0.25, -0.2) is 0 Å². The van der Waals surface area contributed by atoms with Gasteiger partial charge in [0.1, 0.15) is 5.60 Å². The Balaban J connectivity index is 2.95. The predicted octanol–water partition coefficient (Wildman–Crippen LogP) is 0.664. The van der Waals surface area contributed by atoms with Crippen LogP contribution in [-0.2, 0) is 17.4 Å². The van der Waals surface area contributed by atoms with Crippen LogP contribution < -0.4 is 0 Å². The molecule has 0 radical (unpaired) electrons. The van der Waals surface area contributed by atoms with E-state index in [-0.39, 0.29) is 0 Å². The van der Waals surface area contributed by atoms with Gasteiger partial charge >= 0.3 is 0 Å². The van der Waals surface area contributed by atoms with Crippen LogP contribution in [0.1, 0.15) is 19.0 Å². The maximum Gasteiger partial charge on any atom is 0.129 e. The Morgan fingerprint density at radius 1 is 1.69 bits per heavy atom. The van der Waals surface area contributed by atoms with E-state index in [4.69, 9.17) is 4.74 Å². The highest BCUT2D eigenvalue weighted by atomic mass is 16.5. The average molecular weight is 184 g/mol. The predicted molar refractivity (Wildman–Crippen MR) is 49.3 cm³/mol. The molecular weight excluding hydrogens is 168 g/mol. The van der Waals surface area contributed by atoms with Gasteiger partial charge in [0.05, 0.1) is 12.3 Å². The second-order valence-corrected chi connectivity index (χ2v) is 3.16. The van der Waals surface area contributed by atoms with Crippen molar-refractivity contribution in [2.45, 2.75) is 18.9 Å². The lowest BCUT2D eigenvalue weighted by Gasteiger charge is -2.25. The Labute approximate surface area is 78.1 Å². The molecular formula is C9H16N2O2. The monoisotopic (exact) mass is 184 g/mol. The van der Waals surface area contributed by atoms with E-state index in [9.17, 15) is 5.11 Å². The number of hydrogen-bond donors (Lipinski definition) is 1. The van der Waals surface area contributed by atoms with E-state index < -0.39 is 5.60 Å². The summed E-state index contributed by atoms with van der Waals surface area (Å²) in [4.78, 5) is 0. The zero-order valence-electron chi connectivity index (χ0n) is 8.32. The van der Waals surface area contributed by atoms with Crippen molar-refractivity contribution in [2.24, 2.45) is 7.05 Å². The van der Waals surface area contributed by atoms with Gasteiger partial charge in [-0.2, -0.15) is 5.10 Å². The third-order valence-corrected chi connectivity index (χ3v) is 2.27. The lowest BCUT2D eigenvalue weighted by Crippen LogP contribution is -2.32. The first-order valence-corrected chi connectivity index (χ1v) is 4.34. The van der Waals surface area contributed by atoms with Crippen LogP contribution in [0.2, 0.25) is 0 Å². The molecule has 1 heterocycles. The molecule has 0 fully saturated rings. The lowest BCUT2D eigenvalue weighted by molar-refractivity contribution is -0.0442. The summed E-state index contributed by atoms with van der Waals surface area (Å²) in [6.07, 6.45) is 2.28. The Kier molecular flexibility index (Phi) is 3.06. The number of aliphatic hydroxyl groups is 1.